The second kappa shape index (κ2) is 9.35. The second-order valence-corrected chi connectivity index (χ2v) is 13.1. The van der Waals surface area contributed by atoms with Gasteiger partial charge in [0.2, 0.25) is 0 Å². The van der Waals surface area contributed by atoms with E-state index in [0.717, 1.165) is 24.4 Å². The Balaban J connectivity index is 1.50. The first-order chi connectivity index (χ1) is 17.4. The zero-order chi connectivity index (χ0) is 26.5. The number of aryl methyl sites for hydroxylation is 1. The largest absolute Gasteiger partial charge is 0.462 e. The molecule has 1 heteroatoms. The molecule has 0 saturated carbocycles. The van der Waals surface area contributed by atoms with E-state index in [2.05, 4.69) is 121 Å². The first-order valence-electron chi connectivity index (χ1n) is 13.8. The Hall–Kier alpha value is -3.06. The zero-order valence-electron chi connectivity index (χ0n) is 23.9. The van der Waals surface area contributed by atoms with E-state index in [1.165, 1.54) is 44.5 Å². The minimum Gasteiger partial charge on any atom is -0.462 e. The molecule has 3 aromatic rings. The van der Waals surface area contributed by atoms with Crippen LogP contribution in [0.15, 0.2) is 82.3 Å². The molecule has 2 aromatic carbocycles. The van der Waals surface area contributed by atoms with Gasteiger partial charge in [0.05, 0.1) is 0 Å². The van der Waals surface area contributed by atoms with Crippen LogP contribution in [0.1, 0.15) is 95.4 Å². The van der Waals surface area contributed by atoms with Crippen molar-refractivity contribution < 1.29 is 4.42 Å². The smallest absolute Gasteiger partial charge is 0.130 e. The van der Waals surface area contributed by atoms with Gasteiger partial charge in [-0.15, -0.1) is 0 Å². The van der Waals surface area contributed by atoms with Gasteiger partial charge in [0, 0.05) is 11.5 Å². The number of hydrogen-bond donors (Lipinski definition) is 0. The van der Waals surface area contributed by atoms with E-state index in [4.69, 9.17) is 4.42 Å². The Labute approximate surface area is 224 Å². The molecule has 1 heterocycles. The summed E-state index contributed by atoms with van der Waals surface area (Å²) in [6.45, 7) is 18.1. The average molecular weight is 491 g/mol. The van der Waals surface area contributed by atoms with E-state index in [9.17, 15) is 0 Å². The molecule has 2 unspecified atom stereocenters. The molecule has 2 aliphatic carbocycles. The second-order valence-electron chi connectivity index (χ2n) is 13.1. The number of hydrogen-bond acceptors (Lipinski definition) is 1. The van der Waals surface area contributed by atoms with E-state index in [-0.39, 0.29) is 10.8 Å². The predicted octanol–water partition coefficient (Wildman–Crippen LogP) is 10.5. The van der Waals surface area contributed by atoms with E-state index in [0.29, 0.717) is 11.8 Å². The van der Waals surface area contributed by atoms with Gasteiger partial charge < -0.3 is 4.42 Å². The highest BCUT2D eigenvalue weighted by atomic mass is 16.3. The lowest BCUT2D eigenvalue weighted by Gasteiger charge is -2.20. The van der Waals surface area contributed by atoms with E-state index in [1.54, 1.807) is 0 Å². The maximum Gasteiger partial charge on any atom is 0.130 e. The van der Waals surface area contributed by atoms with Crippen molar-refractivity contribution in [1.82, 2.24) is 0 Å². The maximum atomic E-state index is 6.19. The quantitative estimate of drug-likeness (QED) is 0.347. The van der Waals surface area contributed by atoms with Crippen LogP contribution in [0.4, 0.5) is 0 Å². The standard InChI is InChI=1S/C36H42O/c1-23-20-28(36(6,7)8)21-26(23)15-18-31-30-11-9-10-29(25-13-16-27(17-14-25)35(3,4)5)32(30)22-33(31)34-19-12-24(2)37-34/h9-14,16-17,19-22,26,31H,15,18H2,1-8H3. The number of furan rings is 1. The molecular weight excluding hydrogens is 448 g/mol. The lowest BCUT2D eigenvalue weighted by Crippen LogP contribution is -2.10. The van der Waals surface area contributed by atoms with Crippen LogP contribution in [-0.4, -0.2) is 0 Å². The molecule has 5 rings (SSSR count). The molecule has 0 spiro atoms. The van der Waals surface area contributed by atoms with Crippen molar-refractivity contribution in [3.63, 3.8) is 0 Å². The predicted molar refractivity (Wildman–Crippen MR) is 159 cm³/mol. The number of fused-ring (bicyclic) bond motifs is 1. The molecule has 1 aromatic heterocycles. The minimum absolute atomic E-state index is 0.153. The minimum atomic E-state index is 0.153. The molecular formula is C36H42O. The lowest BCUT2D eigenvalue weighted by atomic mass is 9.84. The highest BCUT2D eigenvalue weighted by molar-refractivity contribution is 5.95. The van der Waals surface area contributed by atoms with Gasteiger partial charge in [0.1, 0.15) is 11.5 Å². The van der Waals surface area contributed by atoms with Crippen molar-refractivity contribution in [2.75, 3.05) is 0 Å². The summed E-state index contributed by atoms with van der Waals surface area (Å²) in [7, 11) is 0. The highest BCUT2D eigenvalue weighted by Crippen LogP contribution is 2.49. The van der Waals surface area contributed by atoms with Crippen LogP contribution in [0.25, 0.3) is 22.8 Å². The Morgan fingerprint density at radius 1 is 0.757 bits per heavy atom. The van der Waals surface area contributed by atoms with Crippen LogP contribution in [0.2, 0.25) is 0 Å². The first-order valence-corrected chi connectivity index (χ1v) is 13.8. The Morgan fingerprint density at radius 3 is 2.08 bits per heavy atom. The summed E-state index contributed by atoms with van der Waals surface area (Å²) in [5, 5.41) is 0. The third-order valence-corrected chi connectivity index (χ3v) is 8.26. The van der Waals surface area contributed by atoms with Gasteiger partial charge in [-0.1, -0.05) is 102 Å². The van der Waals surface area contributed by atoms with Gasteiger partial charge in [0.15, 0.2) is 0 Å². The van der Waals surface area contributed by atoms with E-state index < -0.39 is 0 Å². The highest BCUT2D eigenvalue weighted by Gasteiger charge is 2.31. The molecule has 37 heavy (non-hydrogen) atoms. The molecule has 0 fully saturated rings. The maximum absolute atomic E-state index is 6.19. The van der Waals surface area contributed by atoms with E-state index >= 15 is 0 Å². The van der Waals surface area contributed by atoms with Gasteiger partial charge in [-0.25, -0.2) is 0 Å². The molecule has 0 radical (unpaired) electrons. The van der Waals surface area contributed by atoms with Gasteiger partial charge >= 0.3 is 0 Å². The lowest BCUT2D eigenvalue weighted by molar-refractivity contribution is 0.510. The molecule has 1 nitrogen and oxygen atoms in total. The summed E-state index contributed by atoms with van der Waals surface area (Å²) in [5.74, 6) is 2.84. The fourth-order valence-corrected chi connectivity index (χ4v) is 5.89. The molecule has 2 aliphatic rings. The molecule has 0 amide bonds. The third-order valence-electron chi connectivity index (χ3n) is 8.26. The van der Waals surface area contributed by atoms with Crippen molar-refractivity contribution in [3.05, 3.63) is 106 Å². The summed E-state index contributed by atoms with van der Waals surface area (Å²) in [4.78, 5) is 0. The molecule has 0 saturated heterocycles. The summed E-state index contributed by atoms with van der Waals surface area (Å²) < 4.78 is 6.19. The molecule has 2 atom stereocenters. The van der Waals surface area contributed by atoms with Gasteiger partial charge in [-0.3, -0.25) is 0 Å². The van der Waals surface area contributed by atoms with Gasteiger partial charge in [-0.2, -0.15) is 0 Å². The monoisotopic (exact) mass is 490 g/mol. The van der Waals surface area contributed by atoms with Crippen LogP contribution < -0.4 is 0 Å². The molecule has 0 aliphatic heterocycles. The normalized spacial score (nSPS) is 19.5. The molecule has 0 N–H and O–H groups in total. The van der Waals surface area contributed by atoms with Crippen molar-refractivity contribution >= 4 is 11.6 Å². The Kier molecular flexibility index (Phi) is 6.47. The summed E-state index contributed by atoms with van der Waals surface area (Å²) in [6.07, 6.45) is 9.58. The van der Waals surface area contributed by atoms with Crippen molar-refractivity contribution in [3.8, 4) is 11.1 Å². The third kappa shape index (κ3) is 5.06. The van der Waals surface area contributed by atoms with Crippen LogP contribution in [0, 0.1) is 18.3 Å². The van der Waals surface area contributed by atoms with Crippen molar-refractivity contribution in [2.24, 2.45) is 11.3 Å². The fraction of sp³-hybridized carbons (Fsp3) is 0.389. The zero-order valence-corrected chi connectivity index (χ0v) is 23.9. The summed E-state index contributed by atoms with van der Waals surface area (Å²) >= 11 is 0. The number of rotatable bonds is 5. The molecule has 192 valence electrons. The van der Waals surface area contributed by atoms with E-state index in [1.807, 2.05) is 6.92 Å². The average Bonchev–Trinajstić information content (AvgIpc) is 3.53. The first kappa shape index (κ1) is 25.6. The van der Waals surface area contributed by atoms with Crippen LogP contribution >= 0.6 is 0 Å². The Bertz CT molecular complexity index is 1390. The topological polar surface area (TPSA) is 13.1 Å². The van der Waals surface area contributed by atoms with Crippen LogP contribution in [0.3, 0.4) is 0 Å². The van der Waals surface area contributed by atoms with Gasteiger partial charge in [-0.05, 0) is 95.0 Å². The van der Waals surface area contributed by atoms with Crippen molar-refractivity contribution in [2.45, 2.75) is 79.6 Å². The Morgan fingerprint density at radius 2 is 1.49 bits per heavy atom. The number of allylic oxidation sites excluding steroid dienone is 5. The van der Waals surface area contributed by atoms with Gasteiger partial charge in [0.25, 0.3) is 0 Å². The summed E-state index contributed by atoms with van der Waals surface area (Å²) in [5.41, 5.74) is 11.4. The summed E-state index contributed by atoms with van der Waals surface area (Å²) in [6, 6.07) is 20.2. The number of benzene rings is 2. The van der Waals surface area contributed by atoms with Crippen LogP contribution in [-0.2, 0) is 5.41 Å². The SMILES string of the molecule is CC1=CC(C(C)(C)C)=CC1CCC1C(c2ccc(C)o2)=Cc2c(-c3ccc(C(C)(C)C)cc3)cccc21. The fourth-order valence-electron chi connectivity index (χ4n) is 5.89. The molecule has 0 bridgehead atoms. The van der Waals surface area contributed by atoms with Crippen LogP contribution in [0.5, 0.6) is 0 Å². The van der Waals surface area contributed by atoms with Crippen molar-refractivity contribution in [1.29, 1.82) is 0 Å².